The average molecular weight is 1180 g/mol. The summed E-state index contributed by atoms with van der Waals surface area (Å²) in [5.41, 5.74) is 9.47. The number of hydrogen-bond donors (Lipinski definition) is 7. The van der Waals surface area contributed by atoms with Crippen LogP contribution in [-0.4, -0.2) is 138 Å². The van der Waals surface area contributed by atoms with E-state index in [1.165, 1.54) is 28.4 Å². The molecule has 4 bridgehead atoms. The number of para-hydroxylation sites is 1. The molecule has 23 nitrogen and oxygen atoms in total. The highest BCUT2D eigenvalue weighted by molar-refractivity contribution is 7.22. The molecule has 0 spiro atoms. The van der Waals surface area contributed by atoms with Gasteiger partial charge in [0.15, 0.2) is 10.8 Å². The van der Waals surface area contributed by atoms with E-state index in [9.17, 15) is 44.7 Å². The van der Waals surface area contributed by atoms with Gasteiger partial charge in [-0.3, -0.25) is 19.8 Å². The predicted octanol–water partition coefficient (Wildman–Crippen LogP) is 9.70. The minimum Gasteiger partial charge on any atom is -0.503 e. The van der Waals surface area contributed by atoms with Crippen molar-refractivity contribution in [1.29, 1.82) is 0 Å². The highest BCUT2D eigenvalue weighted by Crippen LogP contribution is 2.72. The van der Waals surface area contributed by atoms with Crippen LogP contribution in [0.3, 0.4) is 0 Å². The molecule has 8 N–H and O–H groups in total. The number of nitrogens with two attached hydrogens (primary N) is 1. The fourth-order valence-corrected chi connectivity index (χ4v) is 14.7. The number of aliphatic hydroxyl groups excluding tert-OH is 3. The van der Waals surface area contributed by atoms with Crippen LogP contribution in [0.25, 0.3) is 43.5 Å². The molecule has 5 heterocycles. The van der Waals surface area contributed by atoms with Crippen LogP contribution in [0.1, 0.15) is 84.5 Å². The zero-order valence-electron chi connectivity index (χ0n) is 47.1. The number of anilines is 1. The Balaban J connectivity index is 0.756. The number of nitrogens with zero attached hydrogens (tertiary/aromatic N) is 6. The van der Waals surface area contributed by atoms with E-state index >= 15 is 0 Å². The van der Waals surface area contributed by atoms with Crippen LogP contribution in [0.2, 0.25) is 0 Å². The van der Waals surface area contributed by atoms with Crippen LogP contribution in [0.4, 0.5) is 9.93 Å². The molecule has 444 valence electrons. The second-order valence-electron chi connectivity index (χ2n) is 23.2. The Hall–Kier alpha value is -8.84. The number of nitrogens with one attached hydrogen (secondary N) is 1. The molecule has 24 heteroatoms. The molecule has 85 heavy (non-hydrogen) atoms. The fraction of sp³-hybridized carbons (Fsp3) is 0.377. The number of aliphatic hydroxyl groups is 3. The summed E-state index contributed by atoms with van der Waals surface area (Å²) >= 11 is 1.38. The molecule has 3 aromatic carbocycles. The summed E-state index contributed by atoms with van der Waals surface area (Å²) in [6, 6.07) is 22.7. The summed E-state index contributed by atoms with van der Waals surface area (Å²) in [6.45, 7) is 8.24. The summed E-state index contributed by atoms with van der Waals surface area (Å²) in [5.74, 6) is -7.50. The van der Waals surface area contributed by atoms with Crippen molar-refractivity contribution < 1.29 is 73.1 Å². The number of pyridine rings is 2. The van der Waals surface area contributed by atoms with Gasteiger partial charge in [0.25, 0.3) is 11.7 Å². The van der Waals surface area contributed by atoms with Crippen LogP contribution < -0.4 is 20.5 Å². The van der Waals surface area contributed by atoms with Gasteiger partial charge in [-0.1, -0.05) is 43.4 Å². The van der Waals surface area contributed by atoms with Crippen molar-refractivity contribution in [3.8, 4) is 33.9 Å². The molecule has 12 rings (SSSR count). The number of amides is 2. The van der Waals surface area contributed by atoms with Gasteiger partial charge < -0.3 is 64.6 Å². The van der Waals surface area contributed by atoms with Crippen molar-refractivity contribution in [2.75, 3.05) is 51.9 Å². The van der Waals surface area contributed by atoms with Crippen molar-refractivity contribution in [1.82, 2.24) is 29.6 Å². The van der Waals surface area contributed by atoms with Gasteiger partial charge in [-0.15, -0.1) is 0 Å². The van der Waals surface area contributed by atoms with E-state index in [1.54, 1.807) is 61.9 Å². The SMILES string of the molecule is Cc1c(-c2ccc(-c3ccc4nccc(C(=O)Nc5nc6ccccc6s5)c4c3)nc2C(=O)O)cnn1CC12CC3(C)C[C@@](C)(C1)C[C@@](OCCN(C)C(=O)OCc1ccc(OCCOCCN)cc1O[C@H]1OC(C(=O)O)=C(O)C(O)=C1O)(C3)C2. The Bertz CT molecular complexity index is 3810. The Morgan fingerprint density at radius 1 is 0.847 bits per heavy atom. The third-order valence-corrected chi connectivity index (χ3v) is 17.2. The van der Waals surface area contributed by atoms with Gasteiger partial charge in [-0.2, -0.15) is 5.10 Å². The number of carboxylic acids is 2. The Morgan fingerprint density at radius 3 is 2.39 bits per heavy atom. The number of carbonyl (C=O) groups is 4. The van der Waals surface area contributed by atoms with Gasteiger partial charge in [0.2, 0.25) is 17.3 Å². The van der Waals surface area contributed by atoms with Crippen LogP contribution in [-0.2, 0) is 36.9 Å². The summed E-state index contributed by atoms with van der Waals surface area (Å²) in [5, 5.41) is 60.0. The molecular formula is C61H64N8O15S. The van der Waals surface area contributed by atoms with E-state index < -0.39 is 53.0 Å². The first-order chi connectivity index (χ1) is 40.6. The van der Waals surface area contributed by atoms with E-state index in [0.29, 0.717) is 63.7 Å². The molecule has 5 aliphatic rings. The lowest BCUT2D eigenvalue weighted by atomic mass is 9.39. The van der Waals surface area contributed by atoms with Crippen LogP contribution >= 0.6 is 11.3 Å². The van der Waals surface area contributed by atoms with E-state index in [2.05, 4.69) is 29.1 Å². The van der Waals surface area contributed by atoms with Crippen molar-refractivity contribution in [2.45, 2.75) is 84.3 Å². The minimum atomic E-state index is -1.92. The molecule has 4 fully saturated rings. The number of likely N-dealkylation sites (N-methyl/N-ethyl adjacent to an activating group) is 1. The van der Waals surface area contributed by atoms with E-state index in [0.717, 1.165) is 54.4 Å². The number of ether oxygens (including phenoxy) is 6. The number of rotatable bonds is 22. The third-order valence-electron chi connectivity index (χ3n) is 16.3. The van der Waals surface area contributed by atoms with Crippen molar-refractivity contribution in [2.24, 2.45) is 22.0 Å². The number of hydrogen-bond acceptors (Lipinski definition) is 19. The maximum absolute atomic E-state index is 13.7. The minimum absolute atomic E-state index is 0.0350. The highest BCUT2D eigenvalue weighted by Gasteiger charge is 2.66. The molecule has 5 atom stereocenters. The van der Waals surface area contributed by atoms with Gasteiger partial charge in [0.1, 0.15) is 24.7 Å². The first-order valence-electron chi connectivity index (χ1n) is 27.7. The average Bonchev–Trinajstić information content (AvgIpc) is 2.26. The number of benzene rings is 3. The molecule has 4 aliphatic carbocycles. The monoisotopic (exact) mass is 1180 g/mol. The highest BCUT2D eigenvalue weighted by atomic mass is 32.1. The molecule has 4 saturated carbocycles. The number of fused-ring (bicyclic) bond motifs is 2. The zero-order chi connectivity index (χ0) is 60.0. The fourth-order valence-electron chi connectivity index (χ4n) is 13.8. The maximum atomic E-state index is 13.7. The number of aliphatic carboxylic acids is 1. The van der Waals surface area contributed by atoms with Gasteiger partial charge in [-0.25, -0.2) is 24.4 Å². The second-order valence-corrected chi connectivity index (χ2v) is 24.3. The number of aromatic carboxylic acids is 1. The van der Waals surface area contributed by atoms with Crippen molar-refractivity contribution in [3.63, 3.8) is 0 Å². The lowest BCUT2D eigenvalue weighted by Crippen LogP contribution is -2.64. The van der Waals surface area contributed by atoms with E-state index in [-0.39, 0.29) is 77.9 Å². The second kappa shape index (κ2) is 23.0. The predicted molar refractivity (Wildman–Crippen MR) is 310 cm³/mol. The molecule has 2 unspecified atom stereocenters. The molecule has 2 amide bonds. The quantitative estimate of drug-likeness (QED) is 0.0310. The van der Waals surface area contributed by atoms with Crippen LogP contribution in [0, 0.1) is 23.2 Å². The Kier molecular flexibility index (Phi) is 15.7. The van der Waals surface area contributed by atoms with Crippen LogP contribution in [0.15, 0.2) is 114 Å². The maximum Gasteiger partial charge on any atom is 0.409 e. The molecule has 0 radical (unpaired) electrons. The summed E-state index contributed by atoms with van der Waals surface area (Å²) < 4.78 is 37.8. The Labute approximate surface area is 491 Å². The normalized spacial score (nSPS) is 22.4. The van der Waals surface area contributed by atoms with E-state index in [1.807, 2.05) is 35.9 Å². The lowest BCUT2D eigenvalue weighted by Gasteiger charge is -2.69. The molecule has 0 saturated heterocycles. The lowest BCUT2D eigenvalue weighted by molar-refractivity contribution is -0.248. The van der Waals surface area contributed by atoms with Gasteiger partial charge in [-0.05, 0) is 116 Å². The molecular weight excluding hydrogens is 1120 g/mol. The molecule has 4 aromatic heterocycles. The largest absolute Gasteiger partial charge is 0.503 e. The molecule has 7 aromatic rings. The van der Waals surface area contributed by atoms with Crippen molar-refractivity contribution >= 4 is 61.5 Å². The molecule has 1 aliphatic heterocycles. The third kappa shape index (κ3) is 11.9. The van der Waals surface area contributed by atoms with Gasteiger partial charge >= 0.3 is 24.3 Å². The summed E-state index contributed by atoms with van der Waals surface area (Å²) in [7, 11) is 1.59. The number of carbonyl (C=O) groups excluding carboxylic acids is 2. The topological polar surface area (TPSA) is 323 Å². The standard InChI is InChI=1S/C61H64N8O15S/c1-34-41(38-12-14-42(65-47(38)53(74)75)35-10-13-43-40(23-35)39(15-17-63-43)52(73)67-56-66-44-7-5-6-8-46(44)85-56)25-64-69(34)33-60-28-58(2)27-59(3,29-60)31-61(30-58,32-60)82-20-18-68(4)57(78)81-26-36-9-11-37(80-22-21-79-19-16-62)24-45(36)83-55-50(72)48(70)49(71)51(84-55)54(76)77/h5-15,17,23-25,55,70-72H,16,18-22,26-33,62H2,1-4H3,(H,74,75)(H,76,77)(H,66,67,73)/t55-,58-,59?,60?,61+/m0/s1. The van der Waals surface area contributed by atoms with E-state index in [4.69, 9.17) is 44.2 Å². The Morgan fingerprint density at radius 2 is 1.64 bits per heavy atom. The number of thiazole rings is 1. The number of carboxylic acid groups (broad SMARTS) is 2. The summed E-state index contributed by atoms with van der Waals surface area (Å²) in [4.78, 5) is 67.3. The first-order valence-corrected chi connectivity index (χ1v) is 28.5. The van der Waals surface area contributed by atoms with Gasteiger partial charge in [0.05, 0.1) is 58.6 Å². The zero-order valence-corrected chi connectivity index (χ0v) is 47.9. The summed E-state index contributed by atoms with van der Waals surface area (Å²) in [6.07, 6.45) is 6.09. The van der Waals surface area contributed by atoms with Crippen LogP contribution in [0.5, 0.6) is 11.5 Å². The smallest absolute Gasteiger partial charge is 0.409 e. The number of aromatic nitrogens is 5. The first kappa shape index (κ1) is 58.0. The van der Waals surface area contributed by atoms with Crippen molar-refractivity contribution in [3.05, 3.63) is 137 Å². The van der Waals surface area contributed by atoms with Gasteiger partial charge in [0, 0.05) is 72.3 Å².